The Kier molecular flexibility index (Phi) is 2.96. The lowest BCUT2D eigenvalue weighted by atomic mass is 10.1. The van der Waals surface area contributed by atoms with Gasteiger partial charge in [-0.1, -0.05) is 25.8 Å². The van der Waals surface area contributed by atoms with Crippen molar-refractivity contribution in [3.05, 3.63) is 11.8 Å². The van der Waals surface area contributed by atoms with Crippen LogP contribution in [0.4, 0.5) is 0 Å². The maximum atomic E-state index is 4.19. The minimum absolute atomic E-state index is 0.634. The van der Waals surface area contributed by atoms with Crippen LogP contribution in [-0.2, 0) is 0 Å². The minimum atomic E-state index is 0.634. The summed E-state index contributed by atoms with van der Waals surface area (Å²) in [6, 6.07) is 0. The van der Waals surface area contributed by atoms with Gasteiger partial charge in [-0.3, -0.25) is 9.71 Å². The molecule has 2 nitrogen and oxygen atoms in total. The van der Waals surface area contributed by atoms with Crippen molar-refractivity contribution in [1.82, 2.24) is 4.72 Å². The van der Waals surface area contributed by atoms with E-state index < -0.39 is 0 Å². The number of rotatable bonds is 2. The van der Waals surface area contributed by atoms with Crippen LogP contribution in [0.1, 0.15) is 13.3 Å². The average Bonchev–Trinajstić information content (AvgIpc) is 1.88. The van der Waals surface area contributed by atoms with Gasteiger partial charge in [-0.25, -0.2) is 0 Å². The molecule has 0 spiro atoms. The Bertz CT molecular complexity index is 163. The van der Waals surface area contributed by atoms with Crippen LogP contribution < -0.4 is 4.72 Å². The minimum Gasteiger partial charge on any atom is -0.265 e. The molecule has 0 aromatic rings. The van der Waals surface area contributed by atoms with Crippen LogP contribution in [0, 0.1) is 5.92 Å². The first-order valence-electron chi connectivity index (χ1n) is 3.43. The van der Waals surface area contributed by atoms with Gasteiger partial charge in [0.1, 0.15) is 0 Å². The van der Waals surface area contributed by atoms with Crippen LogP contribution in [0.25, 0.3) is 0 Å². The maximum absolute atomic E-state index is 4.19. The second kappa shape index (κ2) is 3.78. The van der Waals surface area contributed by atoms with E-state index in [2.05, 4.69) is 35.5 Å². The molecule has 3 heteroatoms. The largest absolute Gasteiger partial charge is 0.265 e. The molecule has 56 valence electrons. The van der Waals surface area contributed by atoms with Crippen molar-refractivity contribution in [1.29, 1.82) is 0 Å². The van der Waals surface area contributed by atoms with E-state index >= 15 is 0 Å². The molecule has 0 amide bonds. The molecule has 10 heavy (non-hydrogen) atoms. The first-order valence-corrected chi connectivity index (χ1v) is 3.88. The third-order valence-corrected chi connectivity index (χ3v) is 1.63. The third-order valence-electron chi connectivity index (χ3n) is 1.47. The summed E-state index contributed by atoms with van der Waals surface area (Å²) in [5, 5.41) is 0. The number of nitrogens with zero attached hydrogens (tertiary/aromatic N) is 1. The molecule has 0 aliphatic carbocycles. The molecule has 0 aromatic heterocycles. The highest BCUT2D eigenvalue weighted by molar-refractivity contribution is 7.78. The third kappa shape index (κ3) is 2.15. The molecule has 1 heterocycles. The number of hydrogen-bond acceptors (Lipinski definition) is 3. The van der Waals surface area contributed by atoms with E-state index in [0.29, 0.717) is 5.92 Å². The maximum Gasteiger partial charge on any atom is 0.0509 e. The number of thiol groups is 1. The van der Waals surface area contributed by atoms with Crippen LogP contribution in [0.3, 0.4) is 0 Å². The summed E-state index contributed by atoms with van der Waals surface area (Å²) in [4.78, 5) is 4.19. The van der Waals surface area contributed by atoms with E-state index in [1.807, 2.05) is 6.21 Å². The predicted octanol–water partition coefficient (Wildman–Crippen LogP) is 1.42. The van der Waals surface area contributed by atoms with Gasteiger partial charge in [0.25, 0.3) is 0 Å². The van der Waals surface area contributed by atoms with Gasteiger partial charge in [0.2, 0.25) is 0 Å². The number of nitrogens with one attached hydrogen (secondary N) is 1. The highest BCUT2D eigenvalue weighted by Crippen LogP contribution is 2.11. The zero-order chi connectivity index (χ0) is 7.40. The highest BCUT2D eigenvalue weighted by atomic mass is 32.1. The van der Waals surface area contributed by atoms with E-state index in [4.69, 9.17) is 0 Å². The summed E-state index contributed by atoms with van der Waals surface area (Å²) in [6.45, 7) is 2.94. The number of aliphatic imine (C=N–C) groups is 1. The Balaban J connectivity index is 2.49. The van der Waals surface area contributed by atoms with Crippen molar-refractivity contribution >= 4 is 19.0 Å². The SMILES string of the molecule is C[C@H]1C=C(CNS)N=CC1. The van der Waals surface area contributed by atoms with Gasteiger partial charge in [-0.2, -0.15) is 0 Å². The standard InChI is InChI=1S/C7H12N2S/c1-6-2-3-8-7(4-6)5-9-10/h3-4,6,9-10H,2,5H2,1H3/t6-/m1/s1. The molecule has 1 aliphatic rings. The number of allylic oxidation sites excluding steroid dienone is 1. The molecule has 1 rings (SSSR count). The zero-order valence-electron chi connectivity index (χ0n) is 6.04. The first-order chi connectivity index (χ1) is 4.83. The molecule has 0 unspecified atom stereocenters. The molecule has 1 N–H and O–H groups in total. The smallest absolute Gasteiger partial charge is 0.0509 e. The van der Waals surface area contributed by atoms with Gasteiger partial charge < -0.3 is 0 Å². The van der Waals surface area contributed by atoms with E-state index in [9.17, 15) is 0 Å². The lowest BCUT2D eigenvalue weighted by molar-refractivity contribution is 0.746. The summed E-state index contributed by atoms with van der Waals surface area (Å²) in [5.41, 5.74) is 1.09. The van der Waals surface area contributed by atoms with Gasteiger partial charge >= 0.3 is 0 Å². The van der Waals surface area contributed by atoms with E-state index in [0.717, 1.165) is 18.7 Å². The monoisotopic (exact) mass is 156 g/mol. The van der Waals surface area contributed by atoms with Crippen molar-refractivity contribution in [2.45, 2.75) is 13.3 Å². The van der Waals surface area contributed by atoms with E-state index in [-0.39, 0.29) is 0 Å². The van der Waals surface area contributed by atoms with Crippen molar-refractivity contribution in [3.8, 4) is 0 Å². The Morgan fingerprint density at radius 1 is 1.90 bits per heavy atom. The molecule has 0 bridgehead atoms. The Labute approximate surface area is 67.0 Å². The summed E-state index contributed by atoms with van der Waals surface area (Å²) in [7, 11) is 0. The zero-order valence-corrected chi connectivity index (χ0v) is 6.94. The van der Waals surface area contributed by atoms with E-state index in [1.165, 1.54) is 0 Å². The second-order valence-corrected chi connectivity index (χ2v) is 2.83. The van der Waals surface area contributed by atoms with Crippen LogP contribution in [0.5, 0.6) is 0 Å². The molecular weight excluding hydrogens is 144 g/mol. The fourth-order valence-electron chi connectivity index (χ4n) is 0.961. The van der Waals surface area contributed by atoms with Crippen molar-refractivity contribution in [3.63, 3.8) is 0 Å². The Morgan fingerprint density at radius 2 is 2.70 bits per heavy atom. The van der Waals surface area contributed by atoms with Crippen molar-refractivity contribution < 1.29 is 0 Å². The molecule has 0 radical (unpaired) electrons. The van der Waals surface area contributed by atoms with Gasteiger partial charge in [0.15, 0.2) is 0 Å². The summed E-state index contributed by atoms with van der Waals surface area (Å²) < 4.78 is 2.77. The summed E-state index contributed by atoms with van der Waals surface area (Å²) in [6.07, 6.45) is 5.20. The molecule has 1 aliphatic heterocycles. The normalized spacial score (nSPS) is 24.6. The average molecular weight is 156 g/mol. The fourth-order valence-corrected chi connectivity index (χ4v) is 1.12. The van der Waals surface area contributed by atoms with Crippen molar-refractivity contribution in [2.75, 3.05) is 6.54 Å². The molecule has 0 fully saturated rings. The molecular formula is C7H12N2S. The van der Waals surface area contributed by atoms with Crippen LogP contribution >= 0.6 is 12.8 Å². The quantitative estimate of drug-likeness (QED) is 0.580. The summed E-state index contributed by atoms with van der Waals surface area (Å²) >= 11 is 3.90. The molecule has 1 atom stereocenters. The first kappa shape index (κ1) is 7.82. The lowest BCUT2D eigenvalue weighted by Gasteiger charge is -2.09. The Morgan fingerprint density at radius 3 is 3.30 bits per heavy atom. The second-order valence-electron chi connectivity index (χ2n) is 2.52. The Hall–Kier alpha value is -0.280. The lowest BCUT2D eigenvalue weighted by Crippen LogP contribution is -2.08. The van der Waals surface area contributed by atoms with Gasteiger partial charge in [0.05, 0.1) is 5.70 Å². The van der Waals surface area contributed by atoms with E-state index in [1.54, 1.807) is 0 Å². The highest BCUT2D eigenvalue weighted by Gasteiger charge is 2.03. The topological polar surface area (TPSA) is 24.4 Å². The molecule has 0 saturated heterocycles. The fraction of sp³-hybridized carbons (Fsp3) is 0.571. The number of hydrogen-bond donors (Lipinski definition) is 2. The van der Waals surface area contributed by atoms with Crippen molar-refractivity contribution in [2.24, 2.45) is 10.9 Å². The predicted molar refractivity (Wildman–Crippen MR) is 47.3 cm³/mol. The molecule has 0 aromatic carbocycles. The van der Waals surface area contributed by atoms with Crippen LogP contribution in [-0.4, -0.2) is 12.8 Å². The molecule has 0 saturated carbocycles. The van der Waals surface area contributed by atoms with Gasteiger partial charge in [-0.15, -0.1) is 0 Å². The van der Waals surface area contributed by atoms with Gasteiger partial charge in [-0.05, 0) is 12.3 Å². The van der Waals surface area contributed by atoms with Crippen LogP contribution in [0.2, 0.25) is 0 Å². The summed E-state index contributed by atoms with van der Waals surface area (Å²) in [5.74, 6) is 0.634. The van der Waals surface area contributed by atoms with Gasteiger partial charge in [0, 0.05) is 12.8 Å². The van der Waals surface area contributed by atoms with Crippen LogP contribution in [0.15, 0.2) is 16.8 Å².